The summed E-state index contributed by atoms with van der Waals surface area (Å²) in [5.74, 6) is 0. The van der Waals surface area contributed by atoms with E-state index in [9.17, 15) is 8.42 Å². The number of aromatic nitrogens is 2. The Hall–Kier alpha value is -1.23. The monoisotopic (exact) mass is 444 g/mol. The molecule has 3 rings (SSSR count). The SMILES string of the molecule is NS(=O)(=O)c1ccc(-c2c(COCCCO)n[nH]c2-c2ccc(Cl)cc2)cc1.[Na]. The molecule has 4 N–H and O–H groups in total. The number of nitrogens with one attached hydrogen (secondary N) is 1. The number of aromatic amines is 1. The molecule has 0 unspecified atom stereocenters. The molecular weight excluding hydrogens is 425 g/mol. The molecule has 0 aliphatic heterocycles. The summed E-state index contributed by atoms with van der Waals surface area (Å²) in [5.41, 5.74) is 3.88. The van der Waals surface area contributed by atoms with Gasteiger partial charge >= 0.3 is 0 Å². The largest absolute Gasteiger partial charge is 0.396 e. The van der Waals surface area contributed by atoms with E-state index >= 15 is 0 Å². The standard InChI is InChI=1S/C19H20ClN3O4S.Na/c20-15-6-2-14(3-7-15)19-18(17(22-23-19)12-27-11-1-10-24)13-4-8-16(9-5-13)28(21,25)26;/h2-9,24H,1,10-12H2,(H,22,23)(H2,21,25,26);. The first kappa shape index (κ1) is 24.0. The number of rotatable bonds is 8. The fraction of sp³-hybridized carbons (Fsp3) is 0.211. The minimum absolute atomic E-state index is 0. The third-order valence-corrected chi connectivity index (χ3v) is 5.31. The maximum Gasteiger partial charge on any atom is 0.238 e. The van der Waals surface area contributed by atoms with Crippen LogP contribution < -0.4 is 5.14 Å². The maximum absolute atomic E-state index is 11.5. The summed E-state index contributed by atoms with van der Waals surface area (Å²) in [5, 5.41) is 22.1. The van der Waals surface area contributed by atoms with Gasteiger partial charge in [-0.25, -0.2) is 13.6 Å². The molecule has 1 radical (unpaired) electrons. The van der Waals surface area contributed by atoms with Crippen LogP contribution in [0, 0.1) is 0 Å². The summed E-state index contributed by atoms with van der Waals surface area (Å²) >= 11 is 5.98. The zero-order valence-electron chi connectivity index (χ0n) is 15.9. The minimum atomic E-state index is -3.77. The van der Waals surface area contributed by atoms with Crippen molar-refractivity contribution in [3.8, 4) is 22.4 Å². The molecule has 0 saturated heterocycles. The van der Waals surface area contributed by atoms with E-state index in [-0.39, 0.29) is 47.7 Å². The Kier molecular flexibility index (Phi) is 8.87. The summed E-state index contributed by atoms with van der Waals surface area (Å²) in [6, 6.07) is 13.6. The van der Waals surface area contributed by atoms with Gasteiger partial charge in [0, 0.05) is 58.9 Å². The van der Waals surface area contributed by atoms with E-state index in [1.54, 1.807) is 24.3 Å². The molecule has 0 fully saturated rings. The number of benzene rings is 2. The molecular formula is C19H20ClN3NaO4S. The summed E-state index contributed by atoms with van der Waals surface area (Å²) < 4.78 is 28.6. The average Bonchev–Trinajstić information content (AvgIpc) is 3.09. The Bertz CT molecular complexity index is 1040. The van der Waals surface area contributed by atoms with E-state index < -0.39 is 10.0 Å². The molecule has 7 nitrogen and oxygen atoms in total. The van der Waals surface area contributed by atoms with Gasteiger partial charge in [-0.1, -0.05) is 35.9 Å². The predicted octanol–water partition coefficient (Wildman–Crippen LogP) is 2.56. The van der Waals surface area contributed by atoms with Gasteiger partial charge < -0.3 is 9.84 Å². The van der Waals surface area contributed by atoms with Crippen LogP contribution in [0.4, 0.5) is 0 Å². The van der Waals surface area contributed by atoms with Gasteiger partial charge in [0.1, 0.15) is 0 Å². The van der Waals surface area contributed by atoms with Crippen molar-refractivity contribution < 1.29 is 18.3 Å². The van der Waals surface area contributed by atoms with Gasteiger partial charge in [0.2, 0.25) is 10.0 Å². The number of hydrogen-bond donors (Lipinski definition) is 3. The molecule has 1 heterocycles. The van der Waals surface area contributed by atoms with E-state index in [4.69, 9.17) is 26.6 Å². The van der Waals surface area contributed by atoms with Crippen LogP contribution in [0.2, 0.25) is 5.02 Å². The number of sulfonamides is 1. The summed E-state index contributed by atoms with van der Waals surface area (Å²) in [4.78, 5) is 0.0357. The molecule has 2 aromatic carbocycles. The van der Waals surface area contributed by atoms with Gasteiger partial charge in [0.25, 0.3) is 0 Å². The van der Waals surface area contributed by atoms with Crippen LogP contribution in [0.5, 0.6) is 0 Å². The van der Waals surface area contributed by atoms with Gasteiger partial charge in [-0.15, -0.1) is 0 Å². The van der Waals surface area contributed by atoms with Crippen molar-refractivity contribution in [2.75, 3.05) is 13.2 Å². The molecule has 0 saturated carbocycles. The molecule has 149 valence electrons. The maximum atomic E-state index is 11.5. The van der Waals surface area contributed by atoms with Crippen molar-refractivity contribution in [1.82, 2.24) is 10.2 Å². The second kappa shape index (κ2) is 10.7. The Balaban J connectivity index is 0.00000300. The zero-order chi connectivity index (χ0) is 20.1. The van der Waals surface area contributed by atoms with Crippen molar-refractivity contribution >= 4 is 51.2 Å². The Morgan fingerprint density at radius 1 is 1.07 bits per heavy atom. The van der Waals surface area contributed by atoms with Crippen LogP contribution in [-0.2, 0) is 21.4 Å². The van der Waals surface area contributed by atoms with Crippen LogP contribution in [-0.4, -0.2) is 66.5 Å². The third kappa shape index (κ3) is 6.13. The van der Waals surface area contributed by atoms with Gasteiger partial charge in [0.15, 0.2) is 0 Å². The van der Waals surface area contributed by atoms with Gasteiger partial charge in [-0.2, -0.15) is 5.10 Å². The fourth-order valence-corrected chi connectivity index (χ4v) is 3.41. The van der Waals surface area contributed by atoms with Gasteiger partial charge in [0.05, 0.1) is 22.9 Å². The third-order valence-electron chi connectivity index (χ3n) is 4.13. The normalized spacial score (nSPS) is 11.3. The van der Waals surface area contributed by atoms with Crippen LogP contribution >= 0.6 is 11.6 Å². The number of primary sulfonamides is 1. The van der Waals surface area contributed by atoms with Crippen LogP contribution in [0.1, 0.15) is 12.1 Å². The fourth-order valence-electron chi connectivity index (χ4n) is 2.77. The van der Waals surface area contributed by atoms with E-state index in [1.807, 2.05) is 12.1 Å². The molecule has 0 amide bonds. The first-order valence-corrected chi connectivity index (χ1v) is 10.5. The van der Waals surface area contributed by atoms with Gasteiger partial charge in [-0.05, 0) is 36.2 Å². The smallest absolute Gasteiger partial charge is 0.238 e. The second-order valence-electron chi connectivity index (χ2n) is 6.13. The van der Waals surface area contributed by atoms with Gasteiger partial charge in [-0.3, -0.25) is 5.10 Å². The molecule has 0 bridgehead atoms. The topological polar surface area (TPSA) is 118 Å². The molecule has 0 spiro atoms. The molecule has 1 aromatic heterocycles. The number of ether oxygens (including phenoxy) is 1. The molecule has 29 heavy (non-hydrogen) atoms. The molecule has 0 aliphatic rings. The number of nitrogens with two attached hydrogens (primary N) is 1. The first-order valence-electron chi connectivity index (χ1n) is 8.55. The average molecular weight is 445 g/mol. The van der Waals surface area contributed by atoms with Crippen LogP contribution in [0.3, 0.4) is 0 Å². The molecule has 0 atom stereocenters. The number of aliphatic hydroxyl groups excluding tert-OH is 1. The van der Waals surface area contributed by atoms with Crippen molar-refractivity contribution in [2.45, 2.75) is 17.9 Å². The molecule has 0 aliphatic carbocycles. The Morgan fingerprint density at radius 2 is 1.69 bits per heavy atom. The first-order chi connectivity index (χ1) is 13.4. The minimum Gasteiger partial charge on any atom is -0.396 e. The number of halogens is 1. The number of hydrogen-bond acceptors (Lipinski definition) is 5. The van der Waals surface area contributed by atoms with Crippen molar-refractivity contribution in [1.29, 1.82) is 0 Å². The quantitative estimate of drug-likeness (QED) is 0.364. The van der Waals surface area contributed by atoms with E-state index in [1.165, 1.54) is 12.1 Å². The number of nitrogens with zero attached hydrogens (tertiary/aromatic N) is 1. The predicted molar refractivity (Wildman–Crippen MR) is 113 cm³/mol. The van der Waals surface area contributed by atoms with Crippen molar-refractivity contribution in [2.24, 2.45) is 5.14 Å². The van der Waals surface area contributed by atoms with E-state index in [2.05, 4.69) is 10.2 Å². The van der Waals surface area contributed by atoms with Crippen LogP contribution in [0.15, 0.2) is 53.4 Å². The summed E-state index contributed by atoms with van der Waals surface area (Å²) in [7, 11) is -3.77. The molecule has 3 aromatic rings. The second-order valence-corrected chi connectivity index (χ2v) is 8.12. The van der Waals surface area contributed by atoms with E-state index in [0.717, 1.165) is 22.4 Å². The molecule has 10 heteroatoms. The number of H-pyrrole nitrogens is 1. The summed E-state index contributed by atoms with van der Waals surface area (Å²) in [6.45, 7) is 0.707. The zero-order valence-corrected chi connectivity index (χ0v) is 19.5. The number of aliphatic hydroxyl groups is 1. The Labute approximate surface area is 196 Å². The van der Waals surface area contributed by atoms with E-state index in [0.29, 0.717) is 23.7 Å². The summed E-state index contributed by atoms with van der Waals surface area (Å²) in [6.07, 6.45) is 0.535. The Morgan fingerprint density at radius 3 is 2.28 bits per heavy atom. The van der Waals surface area contributed by atoms with Crippen molar-refractivity contribution in [3.63, 3.8) is 0 Å². The van der Waals surface area contributed by atoms with Crippen molar-refractivity contribution in [3.05, 3.63) is 59.2 Å². The van der Waals surface area contributed by atoms with Crippen LogP contribution in [0.25, 0.3) is 22.4 Å².